The van der Waals surface area contributed by atoms with Gasteiger partial charge in [-0.2, -0.15) is 0 Å². The Hall–Kier alpha value is -5.16. The zero-order valence-electron chi connectivity index (χ0n) is 24.4. The Balaban J connectivity index is 1.08. The SMILES string of the molecule is CC(C)Cc1ccc(-c2cccnc2)c(NC(=O)Nc2cnc(Oc3ccc(-c4cnc(N5CCCC5=O)s4)cc3)nc2)c1. The van der Waals surface area contributed by atoms with Crippen LogP contribution in [0.3, 0.4) is 0 Å². The third kappa shape index (κ3) is 6.90. The molecule has 1 aliphatic rings. The van der Waals surface area contributed by atoms with Gasteiger partial charge in [0.1, 0.15) is 5.75 Å². The number of pyridine rings is 1. The van der Waals surface area contributed by atoms with Crippen molar-refractivity contribution in [3.8, 4) is 33.3 Å². The van der Waals surface area contributed by atoms with Crippen molar-refractivity contribution in [3.05, 3.63) is 91.1 Å². The molecule has 6 rings (SSSR count). The van der Waals surface area contributed by atoms with Crippen LogP contribution in [0.15, 0.2) is 85.6 Å². The number of hydrogen-bond donors (Lipinski definition) is 2. The lowest BCUT2D eigenvalue weighted by Crippen LogP contribution is -2.23. The van der Waals surface area contributed by atoms with Crippen LogP contribution in [0.4, 0.5) is 21.3 Å². The summed E-state index contributed by atoms with van der Waals surface area (Å²) < 4.78 is 5.81. The Morgan fingerprint density at radius 3 is 2.50 bits per heavy atom. The highest BCUT2D eigenvalue weighted by Crippen LogP contribution is 2.34. The molecule has 10 nitrogen and oxygen atoms in total. The maximum Gasteiger partial charge on any atom is 0.323 e. The number of amides is 3. The highest BCUT2D eigenvalue weighted by Gasteiger charge is 2.24. The second-order valence-corrected chi connectivity index (χ2v) is 11.8. The summed E-state index contributed by atoms with van der Waals surface area (Å²) in [6.07, 6.45) is 10.6. The number of urea groups is 1. The zero-order chi connectivity index (χ0) is 30.5. The van der Waals surface area contributed by atoms with E-state index in [0.717, 1.165) is 51.6 Å². The fourth-order valence-electron chi connectivity index (χ4n) is 4.95. The van der Waals surface area contributed by atoms with Crippen LogP contribution in [0.5, 0.6) is 11.8 Å². The fraction of sp³-hybridized carbons (Fsp3) is 0.212. The van der Waals surface area contributed by atoms with Crippen LogP contribution in [-0.4, -0.2) is 38.4 Å². The van der Waals surface area contributed by atoms with Crippen molar-refractivity contribution in [2.75, 3.05) is 22.1 Å². The first kappa shape index (κ1) is 28.9. The zero-order valence-corrected chi connectivity index (χ0v) is 25.2. The molecule has 44 heavy (non-hydrogen) atoms. The van der Waals surface area contributed by atoms with E-state index < -0.39 is 6.03 Å². The van der Waals surface area contributed by atoms with E-state index in [9.17, 15) is 9.59 Å². The number of ether oxygens (including phenoxy) is 1. The Morgan fingerprint density at radius 2 is 1.80 bits per heavy atom. The smallest absolute Gasteiger partial charge is 0.323 e. The molecule has 0 saturated carbocycles. The van der Waals surface area contributed by atoms with Gasteiger partial charge < -0.3 is 15.4 Å². The lowest BCUT2D eigenvalue weighted by molar-refractivity contribution is -0.117. The topological polar surface area (TPSA) is 122 Å². The Bertz CT molecular complexity index is 1760. The molecule has 0 spiro atoms. The number of rotatable bonds is 9. The molecule has 0 unspecified atom stereocenters. The first-order chi connectivity index (χ1) is 21.4. The van der Waals surface area contributed by atoms with Gasteiger partial charge in [-0.25, -0.2) is 19.7 Å². The van der Waals surface area contributed by atoms with Gasteiger partial charge in [-0.1, -0.05) is 43.4 Å². The summed E-state index contributed by atoms with van der Waals surface area (Å²) in [7, 11) is 0. The largest absolute Gasteiger partial charge is 0.424 e. The van der Waals surface area contributed by atoms with Crippen LogP contribution in [0.1, 0.15) is 32.3 Å². The maximum absolute atomic E-state index is 13.0. The summed E-state index contributed by atoms with van der Waals surface area (Å²) in [5, 5.41) is 6.50. The minimum Gasteiger partial charge on any atom is -0.424 e. The molecular formula is C33H31N7O3S. The number of anilines is 3. The van der Waals surface area contributed by atoms with Crippen LogP contribution in [0.2, 0.25) is 0 Å². The fourth-order valence-corrected chi connectivity index (χ4v) is 5.92. The predicted molar refractivity (Wildman–Crippen MR) is 172 cm³/mol. The normalized spacial score (nSPS) is 12.9. The maximum atomic E-state index is 13.0. The number of nitrogens with one attached hydrogen (secondary N) is 2. The van der Waals surface area contributed by atoms with Crippen molar-refractivity contribution in [3.63, 3.8) is 0 Å². The molecule has 0 aliphatic carbocycles. The lowest BCUT2D eigenvalue weighted by Gasteiger charge is -2.15. The van der Waals surface area contributed by atoms with Gasteiger partial charge >= 0.3 is 12.0 Å². The van der Waals surface area contributed by atoms with Crippen molar-refractivity contribution >= 4 is 39.8 Å². The molecule has 0 atom stereocenters. The number of carbonyl (C=O) groups is 2. The van der Waals surface area contributed by atoms with E-state index in [1.165, 1.54) is 23.7 Å². The third-order valence-electron chi connectivity index (χ3n) is 6.98. The second kappa shape index (κ2) is 13.0. The second-order valence-electron chi connectivity index (χ2n) is 10.8. The van der Waals surface area contributed by atoms with E-state index in [-0.39, 0.29) is 11.9 Å². The summed E-state index contributed by atoms with van der Waals surface area (Å²) in [6.45, 7) is 5.04. The quantitative estimate of drug-likeness (QED) is 0.179. The van der Waals surface area contributed by atoms with Gasteiger partial charge in [0.25, 0.3) is 0 Å². The van der Waals surface area contributed by atoms with Gasteiger partial charge in [0.05, 0.1) is 28.6 Å². The average Bonchev–Trinajstić information content (AvgIpc) is 3.68. The number of benzene rings is 2. The van der Waals surface area contributed by atoms with Gasteiger partial charge in [0.15, 0.2) is 5.13 Å². The van der Waals surface area contributed by atoms with Crippen molar-refractivity contribution in [2.45, 2.75) is 33.1 Å². The van der Waals surface area contributed by atoms with Crippen LogP contribution in [0.25, 0.3) is 21.6 Å². The molecule has 2 N–H and O–H groups in total. The molecule has 4 heterocycles. The van der Waals surface area contributed by atoms with Crippen molar-refractivity contribution in [1.29, 1.82) is 0 Å². The van der Waals surface area contributed by atoms with Gasteiger partial charge in [-0.3, -0.25) is 14.7 Å². The molecule has 0 radical (unpaired) electrons. The average molecular weight is 606 g/mol. The van der Waals surface area contributed by atoms with Gasteiger partial charge in [0.2, 0.25) is 5.91 Å². The molecule has 222 valence electrons. The summed E-state index contributed by atoms with van der Waals surface area (Å²) in [6, 6.07) is 17.2. The van der Waals surface area contributed by atoms with Gasteiger partial charge in [-0.15, -0.1) is 0 Å². The molecule has 1 fully saturated rings. The molecule has 3 amide bonds. The summed E-state index contributed by atoms with van der Waals surface area (Å²) >= 11 is 1.49. The standard InChI is InChI=1S/C33H31N7O3S/c1-21(2)15-22-7-12-27(24-5-3-13-34-17-24)28(16-22)39-31(42)38-25-18-35-32(36-19-25)43-26-10-8-23(9-11-26)29-20-37-33(44-29)40-14-4-6-30(40)41/h3,5,7-13,16-21H,4,6,14-15H2,1-2H3,(H2,38,39,42). The number of hydrogen-bond acceptors (Lipinski definition) is 8. The number of thiazole rings is 1. The third-order valence-corrected chi connectivity index (χ3v) is 8.05. The minimum atomic E-state index is -0.412. The van der Waals surface area contributed by atoms with E-state index >= 15 is 0 Å². The molecule has 5 aromatic rings. The monoisotopic (exact) mass is 605 g/mol. The Morgan fingerprint density at radius 1 is 0.977 bits per heavy atom. The van der Waals surface area contributed by atoms with Crippen molar-refractivity contribution in [2.24, 2.45) is 5.92 Å². The Kier molecular flexibility index (Phi) is 8.55. The summed E-state index contributed by atoms with van der Waals surface area (Å²) in [5.41, 5.74) is 5.01. The van der Waals surface area contributed by atoms with Crippen LogP contribution in [0, 0.1) is 5.92 Å². The van der Waals surface area contributed by atoms with Crippen LogP contribution >= 0.6 is 11.3 Å². The van der Waals surface area contributed by atoms with Crippen molar-refractivity contribution in [1.82, 2.24) is 19.9 Å². The molecule has 2 aromatic carbocycles. The number of nitrogens with zero attached hydrogens (tertiary/aromatic N) is 5. The predicted octanol–water partition coefficient (Wildman–Crippen LogP) is 7.42. The van der Waals surface area contributed by atoms with Gasteiger partial charge in [-0.05, 0) is 66.3 Å². The van der Waals surface area contributed by atoms with E-state index in [2.05, 4.69) is 50.5 Å². The van der Waals surface area contributed by atoms with Gasteiger partial charge in [0, 0.05) is 42.7 Å². The van der Waals surface area contributed by atoms with Crippen LogP contribution < -0.4 is 20.3 Å². The van der Waals surface area contributed by atoms with Crippen molar-refractivity contribution < 1.29 is 14.3 Å². The first-order valence-electron chi connectivity index (χ1n) is 14.4. The van der Waals surface area contributed by atoms with E-state index in [1.807, 2.05) is 48.5 Å². The molecule has 11 heteroatoms. The molecule has 1 aliphatic heterocycles. The number of carbonyl (C=O) groups excluding carboxylic acids is 2. The minimum absolute atomic E-state index is 0.123. The molecule has 1 saturated heterocycles. The summed E-state index contributed by atoms with van der Waals surface area (Å²) in [5.74, 6) is 1.17. The van der Waals surface area contributed by atoms with Crippen LogP contribution in [-0.2, 0) is 11.2 Å². The molecule has 3 aromatic heterocycles. The Labute approximate surface area is 259 Å². The molecule has 0 bridgehead atoms. The lowest BCUT2D eigenvalue weighted by atomic mass is 9.98. The highest BCUT2D eigenvalue weighted by molar-refractivity contribution is 7.19. The van der Waals surface area contributed by atoms with E-state index in [0.29, 0.717) is 29.5 Å². The molecular weight excluding hydrogens is 574 g/mol. The number of aromatic nitrogens is 4. The highest BCUT2D eigenvalue weighted by atomic mass is 32.1. The van der Waals surface area contributed by atoms with E-state index in [1.54, 1.807) is 23.5 Å². The first-order valence-corrected chi connectivity index (χ1v) is 15.2. The summed E-state index contributed by atoms with van der Waals surface area (Å²) in [4.78, 5) is 44.9. The van der Waals surface area contributed by atoms with E-state index in [4.69, 9.17) is 4.74 Å².